The number of rotatable bonds is 5. The van der Waals surface area contributed by atoms with Crippen LogP contribution in [0.15, 0.2) is 10.4 Å². The van der Waals surface area contributed by atoms with Gasteiger partial charge in [0.05, 0.1) is 17.2 Å². The van der Waals surface area contributed by atoms with Crippen LogP contribution in [0.4, 0.5) is 0 Å². The zero-order valence-corrected chi connectivity index (χ0v) is 17.3. The summed E-state index contributed by atoms with van der Waals surface area (Å²) in [6, 6.07) is 0. The maximum Gasteiger partial charge on any atom is 0.194 e. The van der Waals surface area contributed by atoms with Gasteiger partial charge in [0.25, 0.3) is 0 Å². The van der Waals surface area contributed by atoms with Crippen LogP contribution in [-0.4, -0.2) is 44.2 Å². The van der Waals surface area contributed by atoms with E-state index in [0.717, 1.165) is 41.4 Å². The standard InChI is InChI=1S/C14H23N7S.HI/c1-6-15-14(16-7-13-19-18-10(2)21(13)5)20(4)8-12-9-22-11(3)17-12;/h9H,6-8H2,1-5H3,(H,15,16);1H. The third-order valence-electron chi connectivity index (χ3n) is 3.32. The maximum atomic E-state index is 4.64. The molecule has 0 atom stereocenters. The predicted molar refractivity (Wildman–Crippen MR) is 104 cm³/mol. The summed E-state index contributed by atoms with van der Waals surface area (Å²) >= 11 is 1.67. The highest BCUT2D eigenvalue weighted by atomic mass is 127. The van der Waals surface area contributed by atoms with Gasteiger partial charge >= 0.3 is 0 Å². The Morgan fingerprint density at radius 2 is 2.13 bits per heavy atom. The summed E-state index contributed by atoms with van der Waals surface area (Å²) in [7, 11) is 3.97. The number of nitrogens with one attached hydrogen (secondary N) is 1. The number of hydrogen-bond acceptors (Lipinski definition) is 5. The third-order valence-corrected chi connectivity index (χ3v) is 4.14. The zero-order valence-electron chi connectivity index (χ0n) is 14.2. The second-order valence-corrected chi connectivity index (χ2v) is 6.17. The number of thiazole rings is 1. The van der Waals surface area contributed by atoms with Crippen molar-refractivity contribution in [2.75, 3.05) is 13.6 Å². The third kappa shape index (κ3) is 5.41. The van der Waals surface area contributed by atoms with Gasteiger partial charge in [0.15, 0.2) is 11.8 Å². The smallest absolute Gasteiger partial charge is 0.194 e. The topological polar surface area (TPSA) is 71.2 Å². The molecule has 0 unspecified atom stereocenters. The lowest BCUT2D eigenvalue weighted by Gasteiger charge is -2.21. The normalized spacial score (nSPS) is 11.3. The van der Waals surface area contributed by atoms with Crippen LogP contribution in [0.5, 0.6) is 0 Å². The van der Waals surface area contributed by atoms with E-state index >= 15 is 0 Å². The minimum Gasteiger partial charge on any atom is -0.357 e. The molecule has 7 nitrogen and oxygen atoms in total. The predicted octanol–water partition coefficient (Wildman–Crippen LogP) is 2.10. The second kappa shape index (κ2) is 9.16. The van der Waals surface area contributed by atoms with Crippen LogP contribution in [0.25, 0.3) is 0 Å². The number of nitrogens with zero attached hydrogens (tertiary/aromatic N) is 6. The molecule has 0 radical (unpaired) electrons. The largest absolute Gasteiger partial charge is 0.357 e. The summed E-state index contributed by atoms with van der Waals surface area (Å²) in [5, 5.41) is 14.7. The first-order valence-electron chi connectivity index (χ1n) is 7.26. The molecule has 0 fully saturated rings. The lowest BCUT2D eigenvalue weighted by molar-refractivity contribution is 0.470. The fraction of sp³-hybridized carbons (Fsp3) is 0.571. The first-order chi connectivity index (χ1) is 10.5. The van der Waals surface area contributed by atoms with Gasteiger partial charge in [0.1, 0.15) is 12.4 Å². The molecular formula is C14H24IN7S. The number of aromatic nitrogens is 4. The Balaban J connectivity index is 0.00000264. The molecule has 0 aliphatic heterocycles. The molecule has 0 spiro atoms. The molecule has 0 aliphatic rings. The quantitative estimate of drug-likeness (QED) is 0.430. The molecule has 9 heteroatoms. The van der Waals surface area contributed by atoms with E-state index in [1.165, 1.54) is 0 Å². The number of aliphatic imine (C=N–C) groups is 1. The molecular weight excluding hydrogens is 425 g/mol. The van der Waals surface area contributed by atoms with E-state index < -0.39 is 0 Å². The molecule has 23 heavy (non-hydrogen) atoms. The fourth-order valence-electron chi connectivity index (χ4n) is 2.00. The van der Waals surface area contributed by atoms with Crippen LogP contribution in [0.2, 0.25) is 0 Å². The van der Waals surface area contributed by atoms with Crippen molar-refractivity contribution in [1.82, 2.24) is 30.0 Å². The molecule has 0 aliphatic carbocycles. The molecule has 0 aromatic carbocycles. The molecule has 1 N–H and O–H groups in total. The lowest BCUT2D eigenvalue weighted by Crippen LogP contribution is -2.38. The van der Waals surface area contributed by atoms with Gasteiger partial charge < -0.3 is 14.8 Å². The van der Waals surface area contributed by atoms with Crippen molar-refractivity contribution in [3.05, 3.63) is 27.7 Å². The second-order valence-electron chi connectivity index (χ2n) is 5.11. The summed E-state index contributed by atoms with van der Waals surface area (Å²) in [4.78, 5) is 11.2. The van der Waals surface area contributed by atoms with E-state index in [0.29, 0.717) is 6.54 Å². The van der Waals surface area contributed by atoms with Crippen LogP contribution >= 0.6 is 35.3 Å². The van der Waals surface area contributed by atoms with Gasteiger partial charge in [-0.1, -0.05) is 0 Å². The summed E-state index contributed by atoms with van der Waals surface area (Å²) in [6.07, 6.45) is 0. The van der Waals surface area contributed by atoms with E-state index in [1.807, 2.05) is 32.5 Å². The van der Waals surface area contributed by atoms with Crippen molar-refractivity contribution in [3.8, 4) is 0 Å². The average molecular weight is 449 g/mol. The minimum atomic E-state index is 0. The summed E-state index contributed by atoms with van der Waals surface area (Å²) in [5.74, 6) is 2.58. The highest BCUT2D eigenvalue weighted by molar-refractivity contribution is 14.0. The van der Waals surface area contributed by atoms with Crippen LogP contribution < -0.4 is 5.32 Å². The zero-order chi connectivity index (χ0) is 16.1. The van der Waals surface area contributed by atoms with Crippen molar-refractivity contribution in [2.45, 2.75) is 33.9 Å². The molecule has 128 valence electrons. The first-order valence-corrected chi connectivity index (χ1v) is 8.14. The summed E-state index contributed by atoms with van der Waals surface area (Å²) in [6.45, 7) is 8.06. The monoisotopic (exact) mass is 449 g/mol. The van der Waals surface area contributed by atoms with Crippen molar-refractivity contribution in [2.24, 2.45) is 12.0 Å². The minimum absolute atomic E-state index is 0. The lowest BCUT2D eigenvalue weighted by atomic mass is 10.4. The van der Waals surface area contributed by atoms with E-state index in [9.17, 15) is 0 Å². The number of hydrogen-bond donors (Lipinski definition) is 1. The molecule has 2 rings (SSSR count). The van der Waals surface area contributed by atoms with E-state index in [1.54, 1.807) is 11.3 Å². The van der Waals surface area contributed by atoms with Crippen LogP contribution in [0.3, 0.4) is 0 Å². The molecule has 2 aromatic rings. The van der Waals surface area contributed by atoms with Gasteiger partial charge in [-0.2, -0.15) is 0 Å². The highest BCUT2D eigenvalue weighted by Gasteiger charge is 2.10. The Bertz CT molecular complexity index is 649. The van der Waals surface area contributed by atoms with Crippen molar-refractivity contribution >= 4 is 41.3 Å². The highest BCUT2D eigenvalue weighted by Crippen LogP contribution is 2.10. The molecule has 0 saturated heterocycles. The molecule has 2 aromatic heterocycles. The summed E-state index contributed by atoms with van der Waals surface area (Å²) < 4.78 is 1.96. The average Bonchev–Trinajstić information content (AvgIpc) is 3.03. The van der Waals surface area contributed by atoms with Gasteiger partial charge in [-0.15, -0.1) is 45.5 Å². The van der Waals surface area contributed by atoms with E-state index in [2.05, 4.69) is 42.7 Å². The van der Waals surface area contributed by atoms with Crippen molar-refractivity contribution in [1.29, 1.82) is 0 Å². The van der Waals surface area contributed by atoms with Gasteiger partial charge in [0.2, 0.25) is 0 Å². The molecule has 0 bridgehead atoms. The van der Waals surface area contributed by atoms with Gasteiger partial charge in [0, 0.05) is 26.0 Å². The van der Waals surface area contributed by atoms with E-state index in [4.69, 9.17) is 0 Å². The van der Waals surface area contributed by atoms with E-state index in [-0.39, 0.29) is 24.0 Å². The van der Waals surface area contributed by atoms with Gasteiger partial charge in [-0.3, -0.25) is 0 Å². The Kier molecular flexibility index (Phi) is 7.89. The molecule has 0 saturated carbocycles. The van der Waals surface area contributed by atoms with Gasteiger partial charge in [-0.05, 0) is 20.8 Å². The fourth-order valence-corrected chi connectivity index (χ4v) is 2.61. The maximum absolute atomic E-state index is 4.64. The Morgan fingerprint density at radius 1 is 1.39 bits per heavy atom. The van der Waals surface area contributed by atoms with Crippen LogP contribution in [-0.2, 0) is 20.1 Å². The molecule has 2 heterocycles. The SMILES string of the molecule is CCNC(=NCc1nnc(C)n1C)N(C)Cc1csc(C)n1.I. The number of halogens is 1. The van der Waals surface area contributed by atoms with Crippen LogP contribution in [0.1, 0.15) is 29.3 Å². The first kappa shape index (κ1) is 19.8. The molecule has 0 amide bonds. The number of guanidine groups is 1. The van der Waals surface area contributed by atoms with Gasteiger partial charge in [-0.25, -0.2) is 9.98 Å². The Morgan fingerprint density at radius 3 is 2.65 bits per heavy atom. The van der Waals surface area contributed by atoms with Crippen molar-refractivity contribution < 1.29 is 0 Å². The number of aryl methyl sites for hydroxylation is 2. The van der Waals surface area contributed by atoms with Crippen molar-refractivity contribution in [3.63, 3.8) is 0 Å². The Hall–Kier alpha value is -1.23. The Labute approximate surface area is 158 Å². The summed E-state index contributed by atoms with van der Waals surface area (Å²) in [5.41, 5.74) is 1.06. The van der Waals surface area contributed by atoms with Crippen LogP contribution in [0, 0.1) is 13.8 Å².